The maximum Gasteiger partial charge on any atom is 0.250 e. The summed E-state index contributed by atoms with van der Waals surface area (Å²) in [5.74, 6) is 0. The molecule has 0 unspecified atom stereocenters. The second kappa shape index (κ2) is 5.87. The number of hydrogen-bond acceptors (Lipinski definition) is 3. The monoisotopic (exact) mass is 334 g/mol. The van der Waals surface area contributed by atoms with Gasteiger partial charge in [0.1, 0.15) is 4.21 Å². The Morgan fingerprint density at radius 1 is 1.18 bits per heavy atom. The largest absolute Gasteiger partial charge is 0.350 e. The van der Waals surface area contributed by atoms with Crippen LogP contribution in [-0.2, 0) is 23.5 Å². The maximum atomic E-state index is 12.2. The molecule has 0 aliphatic carbocycles. The van der Waals surface area contributed by atoms with Crippen molar-refractivity contribution >= 4 is 32.3 Å². The molecule has 0 fully saturated rings. The van der Waals surface area contributed by atoms with Crippen LogP contribution in [0.5, 0.6) is 0 Å². The van der Waals surface area contributed by atoms with Gasteiger partial charge in [-0.2, -0.15) is 0 Å². The molecule has 0 saturated carbocycles. The van der Waals surface area contributed by atoms with Crippen molar-refractivity contribution in [1.29, 1.82) is 0 Å². The molecular formula is C16H18N2O2S2. The number of sulfonamides is 1. The standard InChI is InChI=1S/C16H18N2O2S2/c1-12-7-8-16(21-12)22(19,20)17-10-9-13-11-18(2)15-6-4-3-5-14(13)15/h3-8,11,17H,9-10H2,1-2H3. The van der Waals surface area contributed by atoms with Gasteiger partial charge in [0.15, 0.2) is 0 Å². The van der Waals surface area contributed by atoms with Crippen LogP contribution in [0.2, 0.25) is 0 Å². The Hall–Kier alpha value is -1.63. The number of thiophene rings is 1. The molecule has 3 rings (SSSR count). The van der Waals surface area contributed by atoms with E-state index in [0.717, 1.165) is 16.0 Å². The number of nitrogens with zero attached hydrogens (tertiary/aromatic N) is 1. The molecule has 1 aromatic carbocycles. The number of para-hydroxylation sites is 1. The third-order valence-corrected chi connectivity index (χ3v) is 6.60. The molecule has 22 heavy (non-hydrogen) atoms. The number of hydrogen-bond donors (Lipinski definition) is 1. The van der Waals surface area contributed by atoms with E-state index >= 15 is 0 Å². The molecule has 4 nitrogen and oxygen atoms in total. The molecule has 116 valence electrons. The summed E-state index contributed by atoms with van der Waals surface area (Å²) in [6.45, 7) is 2.30. The Balaban J connectivity index is 1.72. The Morgan fingerprint density at radius 2 is 1.95 bits per heavy atom. The molecule has 2 aromatic heterocycles. The highest BCUT2D eigenvalue weighted by atomic mass is 32.2. The van der Waals surface area contributed by atoms with Gasteiger partial charge in [-0.3, -0.25) is 0 Å². The smallest absolute Gasteiger partial charge is 0.250 e. The molecule has 0 atom stereocenters. The summed E-state index contributed by atoms with van der Waals surface area (Å²) in [6.07, 6.45) is 2.74. The summed E-state index contributed by atoms with van der Waals surface area (Å²) in [4.78, 5) is 0.995. The van der Waals surface area contributed by atoms with E-state index in [9.17, 15) is 8.42 Å². The van der Waals surface area contributed by atoms with Gasteiger partial charge in [0.05, 0.1) is 0 Å². The van der Waals surface area contributed by atoms with E-state index in [0.29, 0.717) is 17.2 Å². The van der Waals surface area contributed by atoms with E-state index < -0.39 is 10.0 Å². The van der Waals surface area contributed by atoms with E-state index in [-0.39, 0.29) is 0 Å². The quantitative estimate of drug-likeness (QED) is 0.779. The van der Waals surface area contributed by atoms with Gasteiger partial charge in [-0.25, -0.2) is 13.1 Å². The molecule has 1 N–H and O–H groups in total. The molecule has 0 bridgehead atoms. The summed E-state index contributed by atoms with van der Waals surface area (Å²) >= 11 is 1.29. The zero-order chi connectivity index (χ0) is 15.7. The summed E-state index contributed by atoms with van der Waals surface area (Å²) in [5.41, 5.74) is 2.32. The lowest BCUT2D eigenvalue weighted by atomic mass is 10.1. The van der Waals surface area contributed by atoms with Gasteiger partial charge in [-0.1, -0.05) is 18.2 Å². The van der Waals surface area contributed by atoms with Gasteiger partial charge >= 0.3 is 0 Å². The predicted molar refractivity (Wildman–Crippen MR) is 90.9 cm³/mol. The van der Waals surface area contributed by atoms with E-state index in [1.54, 1.807) is 6.07 Å². The van der Waals surface area contributed by atoms with E-state index in [2.05, 4.69) is 27.6 Å². The summed E-state index contributed by atoms with van der Waals surface area (Å²) in [5, 5.41) is 1.18. The van der Waals surface area contributed by atoms with Crippen molar-refractivity contribution in [2.75, 3.05) is 6.54 Å². The van der Waals surface area contributed by atoms with Crippen LogP contribution in [0.25, 0.3) is 10.9 Å². The minimum atomic E-state index is -3.39. The predicted octanol–water partition coefficient (Wildman–Crippen LogP) is 3.07. The van der Waals surface area contributed by atoms with E-state index in [1.165, 1.54) is 16.7 Å². The normalized spacial score (nSPS) is 12.1. The summed E-state index contributed by atoms with van der Waals surface area (Å²) < 4.78 is 29.5. The van der Waals surface area contributed by atoms with Crippen LogP contribution in [0.3, 0.4) is 0 Å². The topological polar surface area (TPSA) is 51.1 Å². The molecular weight excluding hydrogens is 316 g/mol. The third-order valence-electron chi connectivity index (χ3n) is 3.65. The Kier molecular flexibility index (Phi) is 4.08. The Labute approximate surface area is 134 Å². The van der Waals surface area contributed by atoms with Gasteiger partial charge in [0, 0.05) is 35.6 Å². The first-order valence-electron chi connectivity index (χ1n) is 7.06. The minimum absolute atomic E-state index is 0.378. The number of benzene rings is 1. The second-order valence-electron chi connectivity index (χ2n) is 5.30. The SMILES string of the molecule is Cc1ccc(S(=O)(=O)NCCc2cn(C)c3ccccc23)s1. The van der Waals surface area contributed by atoms with Gasteiger partial charge in [-0.05, 0) is 37.1 Å². The fourth-order valence-corrected chi connectivity index (χ4v) is 4.93. The average Bonchev–Trinajstić information content (AvgIpc) is 3.05. The van der Waals surface area contributed by atoms with Crippen LogP contribution in [0.4, 0.5) is 0 Å². The first-order chi connectivity index (χ1) is 10.5. The van der Waals surface area contributed by atoms with Crippen LogP contribution in [0, 0.1) is 6.92 Å². The van der Waals surface area contributed by atoms with Crippen LogP contribution >= 0.6 is 11.3 Å². The zero-order valence-corrected chi connectivity index (χ0v) is 14.2. The molecule has 3 aromatic rings. The van der Waals surface area contributed by atoms with Gasteiger partial charge < -0.3 is 4.57 Å². The number of rotatable bonds is 5. The number of aryl methyl sites for hydroxylation is 2. The highest BCUT2D eigenvalue weighted by Crippen LogP contribution is 2.22. The third kappa shape index (κ3) is 2.95. The van der Waals surface area contributed by atoms with Crippen molar-refractivity contribution in [1.82, 2.24) is 9.29 Å². The molecule has 2 heterocycles. The van der Waals surface area contributed by atoms with E-state index in [1.807, 2.05) is 32.2 Å². The molecule has 6 heteroatoms. The summed E-state index contributed by atoms with van der Waals surface area (Å²) in [6, 6.07) is 11.6. The highest BCUT2D eigenvalue weighted by Gasteiger charge is 2.15. The number of aromatic nitrogens is 1. The lowest BCUT2D eigenvalue weighted by Gasteiger charge is -2.04. The van der Waals surface area contributed by atoms with Crippen LogP contribution in [0.1, 0.15) is 10.4 Å². The second-order valence-corrected chi connectivity index (χ2v) is 8.58. The fourth-order valence-electron chi connectivity index (χ4n) is 2.57. The molecule has 0 aliphatic rings. The first kappa shape index (κ1) is 15.3. The van der Waals surface area contributed by atoms with Gasteiger partial charge in [0.2, 0.25) is 10.0 Å². The highest BCUT2D eigenvalue weighted by molar-refractivity contribution is 7.91. The van der Waals surface area contributed by atoms with E-state index in [4.69, 9.17) is 0 Å². The lowest BCUT2D eigenvalue weighted by Crippen LogP contribution is -2.25. The first-order valence-corrected chi connectivity index (χ1v) is 9.36. The van der Waals surface area contributed by atoms with Gasteiger partial charge in [0.25, 0.3) is 0 Å². The lowest BCUT2D eigenvalue weighted by molar-refractivity contribution is 0.584. The Bertz CT molecular complexity index is 907. The fraction of sp³-hybridized carbons (Fsp3) is 0.250. The zero-order valence-electron chi connectivity index (χ0n) is 12.5. The van der Waals surface area contributed by atoms with Crippen LogP contribution in [-0.4, -0.2) is 19.5 Å². The van der Waals surface area contributed by atoms with Crippen molar-refractivity contribution in [2.45, 2.75) is 17.6 Å². The molecule has 0 saturated heterocycles. The maximum absolute atomic E-state index is 12.2. The van der Waals surface area contributed by atoms with Gasteiger partial charge in [-0.15, -0.1) is 11.3 Å². The molecule has 0 amide bonds. The minimum Gasteiger partial charge on any atom is -0.350 e. The number of nitrogens with one attached hydrogen (secondary N) is 1. The average molecular weight is 334 g/mol. The molecule has 0 radical (unpaired) electrons. The van der Waals surface area contributed by atoms with Crippen molar-refractivity contribution in [3.05, 3.63) is 53.0 Å². The number of fused-ring (bicyclic) bond motifs is 1. The van der Waals surface area contributed by atoms with Crippen molar-refractivity contribution in [3.63, 3.8) is 0 Å². The molecule has 0 spiro atoms. The van der Waals surface area contributed by atoms with Crippen molar-refractivity contribution in [3.8, 4) is 0 Å². The van der Waals surface area contributed by atoms with Crippen LogP contribution < -0.4 is 4.72 Å². The summed E-state index contributed by atoms with van der Waals surface area (Å²) in [7, 11) is -1.39. The Morgan fingerprint density at radius 3 is 2.68 bits per heavy atom. The van der Waals surface area contributed by atoms with Crippen molar-refractivity contribution in [2.24, 2.45) is 7.05 Å². The molecule has 0 aliphatic heterocycles. The van der Waals surface area contributed by atoms with Crippen molar-refractivity contribution < 1.29 is 8.42 Å². The van der Waals surface area contributed by atoms with Crippen LogP contribution in [0.15, 0.2) is 46.8 Å².